The lowest BCUT2D eigenvalue weighted by Gasteiger charge is -2.30. The van der Waals surface area contributed by atoms with Crippen molar-refractivity contribution in [1.82, 2.24) is 35.7 Å². The third-order valence-corrected chi connectivity index (χ3v) is 9.33. The van der Waals surface area contributed by atoms with Gasteiger partial charge in [0.25, 0.3) is 0 Å². The number of carbonyl (C=O) groups is 4. The molecule has 0 bridgehead atoms. The minimum Gasteiger partial charge on any atom is -0.479 e. The van der Waals surface area contributed by atoms with Gasteiger partial charge in [0, 0.05) is 24.4 Å². The zero-order valence-corrected chi connectivity index (χ0v) is 28.0. The molecule has 3 aliphatic rings. The third-order valence-electron chi connectivity index (χ3n) is 9.33. The molecule has 258 valence electrons. The number of amides is 3. The fraction of sp³-hybridized carbons (Fsp3) is 0.472. The van der Waals surface area contributed by atoms with Gasteiger partial charge < -0.3 is 25.4 Å². The molecule has 1 aliphatic carbocycles. The minimum absolute atomic E-state index is 0.0650. The molecular weight excluding hydrogens is 626 g/mol. The number of carboxylic acids is 1. The first-order valence-electron chi connectivity index (χ1n) is 16.9. The van der Waals surface area contributed by atoms with Crippen molar-refractivity contribution in [3.63, 3.8) is 0 Å². The molecule has 13 heteroatoms. The van der Waals surface area contributed by atoms with Gasteiger partial charge in [-0.1, -0.05) is 79.6 Å². The molecular formula is C36H43N7O6. The summed E-state index contributed by atoms with van der Waals surface area (Å²) in [6, 6.07) is 15.3. The number of allylic oxidation sites excluding steroid dienone is 1. The molecule has 2 aromatic carbocycles. The van der Waals surface area contributed by atoms with E-state index < -0.39 is 53.1 Å². The lowest BCUT2D eigenvalue weighted by atomic mass is 10.0. The second kappa shape index (κ2) is 13.8. The average Bonchev–Trinajstić information content (AvgIpc) is 3.38. The Morgan fingerprint density at radius 2 is 1.71 bits per heavy atom. The number of tetrazole rings is 1. The van der Waals surface area contributed by atoms with Gasteiger partial charge in [-0.15, -0.1) is 10.2 Å². The van der Waals surface area contributed by atoms with E-state index in [4.69, 9.17) is 4.74 Å². The van der Waals surface area contributed by atoms with Crippen molar-refractivity contribution in [1.29, 1.82) is 0 Å². The lowest BCUT2D eigenvalue weighted by molar-refractivity contribution is -0.145. The number of alkyl carbamates (subject to hydrolysis) is 1. The van der Waals surface area contributed by atoms with Gasteiger partial charge in [0.1, 0.15) is 23.2 Å². The molecule has 49 heavy (non-hydrogen) atoms. The molecule has 3 N–H and O–H groups in total. The molecule has 0 radical (unpaired) electrons. The van der Waals surface area contributed by atoms with Crippen LogP contribution in [0.15, 0.2) is 66.7 Å². The lowest BCUT2D eigenvalue weighted by Crippen LogP contribution is -2.56. The van der Waals surface area contributed by atoms with Crippen LogP contribution in [0.4, 0.5) is 4.79 Å². The van der Waals surface area contributed by atoms with Crippen molar-refractivity contribution in [3.8, 4) is 22.5 Å². The number of hydrogen-bond acceptors (Lipinski definition) is 8. The van der Waals surface area contributed by atoms with Gasteiger partial charge in [-0.05, 0) is 62.8 Å². The van der Waals surface area contributed by atoms with Crippen molar-refractivity contribution in [3.05, 3.63) is 66.7 Å². The first-order chi connectivity index (χ1) is 23.4. The molecule has 13 nitrogen and oxygen atoms in total. The number of aliphatic carboxylic acids is 1. The zero-order valence-electron chi connectivity index (χ0n) is 28.0. The number of benzene rings is 2. The fourth-order valence-corrected chi connectivity index (χ4v) is 6.63. The summed E-state index contributed by atoms with van der Waals surface area (Å²) in [7, 11) is 0. The standard InChI is InChI=1S/C36H43N7O6/c1-35(2,3)49-34(48)37-28-15-11-6-4-5-10-14-26-21-36(26,33(46)47)38-31(44)29-20-27(22-42(29)32(28)45)43-40-30(39-41-43)25-18-16-24(17-19-25)23-12-8-7-9-13-23/h7-10,12-14,16-19,26-29H,4-6,11,15,20-22H2,1-3H3,(H,37,48)(H,38,44)(H,46,47)/b14-10-/t26-,27+,28-,29-,36+/m0/s1. The largest absolute Gasteiger partial charge is 0.479 e. The van der Waals surface area contributed by atoms with Crippen molar-refractivity contribution in [2.45, 2.75) is 95.0 Å². The summed E-state index contributed by atoms with van der Waals surface area (Å²) in [4.78, 5) is 56.3. The number of nitrogens with one attached hydrogen (secondary N) is 2. The van der Waals surface area contributed by atoms with Gasteiger partial charge in [0.05, 0.1) is 6.04 Å². The summed E-state index contributed by atoms with van der Waals surface area (Å²) in [5, 5.41) is 28.8. The normalized spacial score (nSPS) is 26.7. The Bertz CT molecular complexity index is 1720. The summed E-state index contributed by atoms with van der Waals surface area (Å²) >= 11 is 0. The van der Waals surface area contributed by atoms with Crippen LogP contribution in [0.2, 0.25) is 0 Å². The maximum atomic E-state index is 14.3. The smallest absolute Gasteiger partial charge is 0.408 e. The summed E-state index contributed by atoms with van der Waals surface area (Å²) in [6.45, 7) is 5.29. The molecule has 3 aromatic rings. The average molecular weight is 670 g/mol. The van der Waals surface area contributed by atoms with E-state index in [0.717, 1.165) is 36.0 Å². The molecule has 1 saturated heterocycles. The van der Waals surface area contributed by atoms with Crippen molar-refractivity contribution < 1.29 is 29.0 Å². The highest BCUT2D eigenvalue weighted by molar-refractivity contribution is 5.96. The summed E-state index contributed by atoms with van der Waals surface area (Å²) in [5.74, 6) is -2.08. The number of ether oxygens (including phenoxy) is 1. The van der Waals surface area contributed by atoms with E-state index in [1.165, 1.54) is 9.70 Å². The Balaban J connectivity index is 1.26. The van der Waals surface area contributed by atoms with Crippen LogP contribution in [0.5, 0.6) is 0 Å². The maximum absolute atomic E-state index is 14.3. The van der Waals surface area contributed by atoms with Crippen LogP contribution >= 0.6 is 0 Å². The molecule has 1 saturated carbocycles. The Morgan fingerprint density at radius 3 is 2.43 bits per heavy atom. The minimum atomic E-state index is -1.43. The first kappa shape index (κ1) is 33.8. The molecule has 3 amide bonds. The zero-order chi connectivity index (χ0) is 34.8. The molecule has 5 atom stereocenters. The highest BCUT2D eigenvalue weighted by Gasteiger charge is 2.61. The Kier molecular flexibility index (Phi) is 9.53. The molecule has 0 spiro atoms. The fourth-order valence-electron chi connectivity index (χ4n) is 6.63. The second-order valence-corrected chi connectivity index (χ2v) is 14.1. The van der Waals surface area contributed by atoms with E-state index in [0.29, 0.717) is 18.7 Å². The Labute approximate surface area is 285 Å². The van der Waals surface area contributed by atoms with E-state index in [2.05, 4.69) is 26.0 Å². The predicted molar refractivity (Wildman–Crippen MR) is 180 cm³/mol. The first-order valence-corrected chi connectivity index (χ1v) is 16.9. The van der Waals surface area contributed by atoms with Gasteiger partial charge >= 0.3 is 12.1 Å². The molecule has 2 fully saturated rings. The van der Waals surface area contributed by atoms with E-state index >= 15 is 0 Å². The monoisotopic (exact) mass is 669 g/mol. The maximum Gasteiger partial charge on any atom is 0.408 e. The molecule has 2 aliphatic heterocycles. The van der Waals surface area contributed by atoms with Crippen LogP contribution in [-0.2, 0) is 19.1 Å². The molecule has 1 aromatic heterocycles. The van der Waals surface area contributed by atoms with Gasteiger partial charge in [-0.25, -0.2) is 9.59 Å². The molecule has 6 rings (SSSR count). The SMILES string of the molecule is CC(C)(C)OC(=O)N[C@H]1CCCCC/C=C\[C@H]2C[C@@]2(C(=O)O)NC(=O)[C@@H]2C[C@@H](n3nnc(-c4ccc(-c5ccccc5)cc4)n3)CN2C1=O. The van der Waals surface area contributed by atoms with Crippen molar-refractivity contribution >= 4 is 23.9 Å². The number of hydrogen-bond donors (Lipinski definition) is 3. The molecule has 0 unspecified atom stereocenters. The van der Waals surface area contributed by atoms with Crippen molar-refractivity contribution in [2.75, 3.05) is 6.54 Å². The topological polar surface area (TPSA) is 169 Å². The number of carboxylic acid groups (broad SMARTS) is 1. The van der Waals surface area contributed by atoms with Gasteiger partial charge in [0.2, 0.25) is 17.6 Å². The quantitative estimate of drug-likeness (QED) is 0.331. The van der Waals surface area contributed by atoms with Crippen LogP contribution in [0.1, 0.15) is 71.8 Å². The number of carbonyl (C=O) groups excluding carboxylic acids is 3. The van der Waals surface area contributed by atoms with Gasteiger partial charge in [-0.2, -0.15) is 4.80 Å². The van der Waals surface area contributed by atoms with E-state index in [1.54, 1.807) is 20.8 Å². The highest BCUT2D eigenvalue weighted by Crippen LogP contribution is 2.45. The third kappa shape index (κ3) is 7.65. The van der Waals surface area contributed by atoms with E-state index in [1.807, 2.05) is 66.7 Å². The van der Waals surface area contributed by atoms with E-state index in [-0.39, 0.29) is 25.3 Å². The van der Waals surface area contributed by atoms with E-state index in [9.17, 15) is 24.3 Å². The summed E-state index contributed by atoms with van der Waals surface area (Å²) < 4.78 is 5.47. The van der Waals surface area contributed by atoms with Gasteiger partial charge in [-0.3, -0.25) is 9.59 Å². The number of rotatable bonds is 5. The Morgan fingerprint density at radius 1 is 1.00 bits per heavy atom. The summed E-state index contributed by atoms with van der Waals surface area (Å²) in [5.41, 5.74) is 0.680. The molecule has 3 heterocycles. The van der Waals surface area contributed by atoms with Crippen LogP contribution in [0, 0.1) is 5.92 Å². The predicted octanol–water partition coefficient (Wildman–Crippen LogP) is 4.52. The Hall–Kier alpha value is -5.07. The highest BCUT2D eigenvalue weighted by atomic mass is 16.6. The number of nitrogens with zero attached hydrogens (tertiary/aromatic N) is 5. The van der Waals surface area contributed by atoms with Crippen LogP contribution in [-0.4, -0.2) is 83.9 Å². The number of fused-ring (bicyclic) bond motifs is 2. The van der Waals surface area contributed by atoms with Crippen molar-refractivity contribution in [2.24, 2.45) is 5.92 Å². The second-order valence-electron chi connectivity index (χ2n) is 14.1. The number of aromatic nitrogens is 4. The van der Waals surface area contributed by atoms with Gasteiger partial charge in [0.15, 0.2) is 0 Å². The van der Waals surface area contributed by atoms with Crippen LogP contribution < -0.4 is 10.6 Å². The van der Waals surface area contributed by atoms with Crippen LogP contribution in [0.25, 0.3) is 22.5 Å². The summed E-state index contributed by atoms with van der Waals surface area (Å²) in [6.07, 6.45) is 6.92. The van der Waals surface area contributed by atoms with Crippen LogP contribution in [0.3, 0.4) is 0 Å².